The number of carbonyl (C=O) groups excluding carboxylic acids is 1. The molecule has 1 aliphatic rings. The van der Waals surface area contributed by atoms with E-state index in [2.05, 4.69) is 10.1 Å². The Morgan fingerprint density at radius 3 is 3.00 bits per heavy atom. The fraction of sp³-hybridized carbons (Fsp3) is 0.364. The van der Waals surface area contributed by atoms with Gasteiger partial charge in [-0.1, -0.05) is 5.16 Å². The number of ether oxygens (including phenoxy) is 1. The summed E-state index contributed by atoms with van der Waals surface area (Å²) in [6.07, 6.45) is 0.740. The van der Waals surface area contributed by atoms with E-state index in [-0.39, 0.29) is 23.8 Å². The van der Waals surface area contributed by atoms with Crippen LogP contribution in [-0.2, 0) is 4.74 Å². The molecular weight excluding hydrogens is 252 g/mol. The molecule has 0 saturated carbocycles. The lowest BCUT2D eigenvalue weighted by molar-refractivity contribution is 0.00673. The van der Waals surface area contributed by atoms with Gasteiger partial charge in [-0.05, 0) is 6.07 Å². The number of amides is 1. The molecule has 1 aromatic rings. The van der Waals surface area contributed by atoms with Crippen molar-refractivity contribution in [3.05, 3.63) is 34.2 Å². The molecule has 19 heavy (non-hydrogen) atoms. The highest BCUT2D eigenvalue weighted by Gasteiger charge is 2.27. The van der Waals surface area contributed by atoms with E-state index in [0.29, 0.717) is 18.7 Å². The minimum Gasteiger partial charge on any atom is -0.409 e. The summed E-state index contributed by atoms with van der Waals surface area (Å²) in [4.78, 5) is 27.1. The molecule has 2 heterocycles. The van der Waals surface area contributed by atoms with E-state index in [0.717, 1.165) is 0 Å². The third-order valence-corrected chi connectivity index (χ3v) is 2.83. The van der Waals surface area contributed by atoms with Crippen LogP contribution < -0.4 is 11.3 Å². The van der Waals surface area contributed by atoms with E-state index in [1.54, 1.807) is 0 Å². The van der Waals surface area contributed by atoms with E-state index >= 15 is 0 Å². The average Bonchev–Trinajstić information content (AvgIpc) is 2.46. The molecule has 0 radical (unpaired) electrons. The first-order valence-electron chi connectivity index (χ1n) is 5.69. The number of nitrogens with one attached hydrogen (secondary N) is 1. The SMILES string of the molecule is N/C(=N/O)C1CN(C(=O)c2ccc(=O)[nH]c2)CCO1. The zero-order valence-corrected chi connectivity index (χ0v) is 10.1. The summed E-state index contributed by atoms with van der Waals surface area (Å²) in [6.45, 7) is 0.914. The second kappa shape index (κ2) is 5.53. The molecule has 1 unspecified atom stereocenters. The van der Waals surface area contributed by atoms with E-state index < -0.39 is 6.10 Å². The van der Waals surface area contributed by atoms with Crippen molar-refractivity contribution in [1.82, 2.24) is 9.88 Å². The van der Waals surface area contributed by atoms with Crippen molar-refractivity contribution in [2.75, 3.05) is 19.7 Å². The van der Waals surface area contributed by atoms with Crippen LogP contribution in [0.15, 0.2) is 28.3 Å². The molecule has 102 valence electrons. The van der Waals surface area contributed by atoms with Gasteiger partial charge in [-0.3, -0.25) is 9.59 Å². The van der Waals surface area contributed by atoms with Gasteiger partial charge in [0, 0.05) is 18.8 Å². The van der Waals surface area contributed by atoms with Crippen LogP contribution in [0.25, 0.3) is 0 Å². The maximum atomic E-state index is 12.2. The average molecular weight is 266 g/mol. The first kappa shape index (κ1) is 13.1. The summed E-state index contributed by atoms with van der Waals surface area (Å²) in [5.74, 6) is -0.311. The zero-order chi connectivity index (χ0) is 13.8. The number of hydrogen-bond donors (Lipinski definition) is 3. The number of nitrogens with two attached hydrogens (primary N) is 1. The second-order valence-corrected chi connectivity index (χ2v) is 4.08. The Morgan fingerprint density at radius 1 is 1.58 bits per heavy atom. The lowest BCUT2D eigenvalue weighted by Gasteiger charge is -2.32. The van der Waals surface area contributed by atoms with Crippen LogP contribution in [-0.4, -0.2) is 52.6 Å². The Labute approximate surface area is 108 Å². The number of nitrogens with zero attached hydrogens (tertiary/aromatic N) is 2. The van der Waals surface area contributed by atoms with Gasteiger partial charge in [0.25, 0.3) is 5.91 Å². The summed E-state index contributed by atoms with van der Waals surface area (Å²) in [5.41, 5.74) is 5.56. The minimum absolute atomic E-state index is 0.0704. The zero-order valence-electron chi connectivity index (χ0n) is 10.1. The van der Waals surface area contributed by atoms with Crippen molar-refractivity contribution >= 4 is 11.7 Å². The Bertz CT molecular complexity index is 533. The van der Waals surface area contributed by atoms with E-state index in [4.69, 9.17) is 15.7 Å². The number of hydrogen-bond acceptors (Lipinski definition) is 5. The van der Waals surface area contributed by atoms with Crippen molar-refractivity contribution in [3.8, 4) is 0 Å². The quantitative estimate of drug-likeness (QED) is 0.273. The number of morpholine rings is 1. The number of carbonyl (C=O) groups is 1. The first-order chi connectivity index (χ1) is 9.11. The molecule has 1 aromatic heterocycles. The molecule has 0 bridgehead atoms. The topological polar surface area (TPSA) is 121 Å². The van der Waals surface area contributed by atoms with Crippen LogP contribution in [0.1, 0.15) is 10.4 Å². The summed E-state index contributed by atoms with van der Waals surface area (Å²) < 4.78 is 5.30. The molecule has 0 spiro atoms. The van der Waals surface area contributed by atoms with Crippen molar-refractivity contribution in [1.29, 1.82) is 0 Å². The molecular formula is C11H14N4O4. The normalized spacial score (nSPS) is 20.3. The maximum Gasteiger partial charge on any atom is 0.255 e. The monoisotopic (exact) mass is 266 g/mol. The molecule has 1 saturated heterocycles. The molecule has 1 amide bonds. The number of H-pyrrole nitrogens is 1. The predicted octanol–water partition coefficient (Wildman–Crippen LogP) is -1.04. The summed E-state index contributed by atoms with van der Waals surface area (Å²) in [6, 6.07) is 2.74. The largest absolute Gasteiger partial charge is 0.409 e. The number of amidine groups is 1. The van der Waals surface area contributed by atoms with Crippen LogP contribution in [0.3, 0.4) is 0 Å². The van der Waals surface area contributed by atoms with Gasteiger partial charge in [0.15, 0.2) is 5.84 Å². The lowest BCUT2D eigenvalue weighted by Crippen LogP contribution is -2.50. The standard InChI is InChI=1S/C11H14N4O4/c12-10(14-18)8-6-15(3-4-19-8)11(17)7-1-2-9(16)13-5-7/h1-2,5,8,18H,3-4,6H2,(H2,12,14)(H,13,16). The molecule has 8 heteroatoms. The van der Waals surface area contributed by atoms with Crippen molar-refractivity contribution in [2.45, 2.75) is 6.10 Å². The van der Waals surface area contributed by atoms with E-state index in [9.17, 15) is 9.59 Å². The van der Waals surface area contributed by atoms with E-state index in [1.807, 2.05) is 0 Å². The van der Waals surface area contributed by atoms with Gasteiger partial charge >= 0.3 is 0 Å². The molecule has 1 atom stereocenters. The van der Waals surface area contributed by atoms with Crippen LogP contribution in [0.4, 0.5) is 0 Å². The number of aromatic nitrogens is 1. The smallest absolute Gasteiger partial charge is 0.255 e. The summed E-state index contributed by atoms with van der Waals surface area (Å²) in [7, 11) is 0. The van der Waals surface area contributed by atoms with Gasteiger partial charge in [0.1, 0.15) is 6.10 Å². The van der Waals surface area contributed by atoms with E-state index in [1.165, 1.54) is 23.2 Å². The highest BCUT2D eigenvalue weighted by atomic mass is 16.5. The number of pyridine rings is 1. The van der Waals surface area contributed by atoms with Crippen LogP contribution >= 0.6 is 0 Å². The molecule has 8 nitrogen and oxygen atoms in total. The van der Waals surface area contributed by atoms with Gasteiger partial charge in [-0.15, -0.1) is 0 Å². The van der Waals surface area contributed by atoms with Gasteiger partial charge in [0.2, 0.25) is 5.56 Å². The predicted molar refractivity (Wildman–Crippen MR) is 66.1 cm³/mol. The van der Waals surface area contributed by atoms with Gasteiger partial charge in [0.05, 0.1) is 18.7 Å². The van der Waals surface area contributed by atoms with Gasteiger partial charge in [-0.2, -0.15) is 0 Å². The Morgan fingerprint density at radius 2 is 2.37 bits per heavy atom. The molecule has 1 aliphatic heterocycles. The highest BCUT2D eigenvalue weighted by molar-refractivity contribution is 5.94. The van der Waals surface area contributed by atoms with Crippen LogP contribution in [0.5, 0.6) is 0 Å². The van der Waals surface area contributed by atoms with Gasteiger partial charge < -0.3 is 25.6 Å². The van der Waals surface area contributed by atoms with Crippen LogP contribution in [0.2, 0.25) is 0 Å². The minimum atomic E-state index is -0.620. The van der Waals surface area contributed by atoms with Gasteiger partial charge in [-0.25, -0.2) is 0 Å². The third kappa shape index (κ3) is 2.91. The highest BCUT2D eigenvalue weighted by Crippen LogP contribution is 2.09. The second-order valence-electron chi connectivity index (χ2n) is 4.08. The Balaban J connectivity index is 2.11. The van der Waals surface area contributed by atoms with Crippen LogP contribution in [0, 0.1) is 0 Å². The first-order valence-corrected chi connectivity index (χ1v) is 5.69. The van der Waals surface area contributed by atoms with Crippen molar-refractivity contribution in [2.24, 2.45) is 10.9 Å². The molecule has 4 N–H and O–H groups in total. The Hall–Kier alpha value is -2.35. The fourth-order valence-corrected chi connectivity index (χ4v) is 1.80. The maximum absolute atomic E-state index is 12.2. The lowest BCUT2D eigenvalue weighted by atomic mass is 10.2. The van der Waals surface area contributed by atoms with Crippen molar-refractivity contribution < 1.29 is 14.7 Å². The molecule has 2 rings (SSSR count). The number of aromatic amines is 1. The number of oxime groups is 1. The molecule has 0 aromatic carbocycles. The Kier molecular flexibility index (Phi) is 3.81. The third-order valence-electron chi connectivity index (χ3n) is 2.83. The fourth-order valence-electron chi connectivity index (χ4n) is 1.80. The van der Waals surface area contributed by atoms with Crippen molar-refractivity contribution in [3.63, 3.8) is 0 Å². The number of rotatable bonds is 2. The summed E-state index contributed by atoms with van der Waals surface area (Å²) in [5, 5.41) is 11.5. The summed E-state index contributed by atoms with van der Waals surface area (Å²) >= 11 is 0. The molecule has 1 fully saturated rings. The molecule has 0 aliphatic carbocycles.